The molecule has 0 unspecified atom stereocenters. The van der Waals surface area contributed by atoms with Gasteiger partial charge in [0.2, 0.25) is 11.8 Å². The molecule has 30 heavy (non-hydrogen) atoms. The van der Waals surface area contributed by atoms with Gasteiger partial charge in [0.1, 0.15) is 23.1 Å². The molecule has 0 atom stereocenters. The Morgan fingerprint density at radius 3 is 1.30 bits per heavy atom. The molecule has 0 fully saturated rings. The fourth-order valence-electron chi connectivity index (χ4n) is 3.66. The van der Waals surface area contributed by atoms with Crippen LogP contribution in [0.2, 0.25) is 0 Å². The highest BCUT2D eigenvalue weighted by atomic mass is 19.1. The fourth-order valence-corrected chi connectivity index (χ4v) is 3.66. The number of hydrogen-bond acceptors (Lipinski definition) is 4. The van der Waals surface area contributed by atoms with Crippen molar-refractivity contribution in [3.63, 3.8) is 0 Å². The van der Waals surface area contributed by atoms with Gasteiger partial charge < -0.3 is 9.47 Å². The van der Waals surface area contributed by atoms with Crippen molar-refractivity contribution < 1.29 is 18.3 Å². The molecule has 6 heteroatoms. The molecule has 2 heterocycles. The van der Waals surface area contributed by atoms with Gasteiger partial charge in [0.05, 0.1) is 22.1 Å². The lowest BCUT2D eigenvalue weighted by atomic mass is 10.0. The Morgan fingerprint density at radius 1 is 0.500 bits per heavy atom. The van der Waals surface area contributed by atoms with E-state index in [4.69, 9.17) is 9.47 Å². The molecule has 0 radical (unpaired) electrons. The maximum Gasteiger partial charge on any atom is 0.227 e. The van der Waals surface area contributed by atoms with Crippen LogP contribution in [0.5, 0.6) is 11.5 Å². The lowest BCUT2D eigenvalue weighted by Gasteiger charge is -2.23. The standard InChI is InChI=1S/C24H12F2N2O2/c25-15-5-1-13(2-6-15)23-27-17-9-12-20-22-18(10-11-19(29-23)21(17)22)28-24(30-20)14-3-7-16(26)8-4-14/h1-12H. The number of ether oxygens (including phenoxy) is 2. The Morgan fingerprint density at radius 2 is 0.900 bits per heavy atom. The Balaban J connectivity index is 1.50. The number of hydrogen-bond donors (Lipinski definition) is 0. The molecule has 0 N–H and O–H groups in total. The molecule has 2 aliphatic heterocycles. The van der Waals surface area contributed by atoms with E-state index >= 15 is 0 Å². The first-order valence-electron chi connectivity index (χ1n) is 9.30. The first-order chi connectivity index (χ1) is 14.7. The molecule has 0 spiro atoms. The van der Waals surface area contributed by atoms with Crippen LogP contribution in [0.1, 0.15) is 11.1 Å². The van der Waals surface area contributed by atoms with Gasteiger partial charge in [-0.3, -0.25) is 0 Å². The van der Waals surface area contributed by atoms with Crippen LogP contribution in [-0.2, 0) is 0 Å². The number of aliphatic imine (C=N–C) groups is 2. The first-order valence-corrected chi connectivity index (χ1v) is 9.30. The maximum absolute atomic E-state index is 13.3. The van der Waals surface area contributed by atoms with E-state index in [1.54, 1.807) is 24.3 Å². The third kappa shape index (κ3) is 2.58. The van der Waals surface area contributed by atoms with Crippen molar-refractivity contribution in [3.8, 4) is 11.5 Å². The van der Waals surface area contributed by atoms with Gasteiger partial charge in [-0.1, -0.05) is 0 Å². The number of nitrogens with zero attached hydrogens (tertiary/aromatic N) is 2. The topological polar surface area (TPSA) is 43.2 Å². The van der Waals surface area contributed by atoms with E-state index < -0.39 is 0 Å². The summed E-state index contributed by atoms with van der Waals surface area (Å²) in [4.78, 5) is 9.23. The molecule has 0 amide bonds. The molecule has 0 bridgehead atoms. The second-order valence-corrected chi connectivity index (χ2v) is 6.97. The Kier molecular flexibility index (Phi) is 3.49. The molecule has 4 aromatic carbocycles. The summed E-state index contributed by atoms with van der Waals surface area (Å²) in [5.41, 5.74) is 2.81. The van der Waals surface area contributed by atoms with Gasteiger partial charge in [-0.25, -0.2) is 18.8 Å². The third-order valence-electron chi connectivity index (χ3n) is 5.08. The molecule has 0 saturated heterocycles. The summed E-state index contributed by atoms with van der Waals surface area (Å²) >= 11 is 0. The highest BCUT2D eigenvalue weighted by Gasteiger charge is 2.25. The zero-order valence-corrected chi connectivity index (χ0v) is 15.4. The van der Waals surface area contributed by atoms with Gasteiger partial charge in [-0.2, -0.15) is 0 Å². The van der Waals surface area contributed by atoms with E-state index in [0.717, 1.165) is 22.1 Å². The van der Waals surface area contributed by atoms with Crippen molar-refractivity contribution in [2.75, 3.05) is 0 Å². The summed E-state index contributed by atoms with van der Waals surface area (Å²) < 4.78 is 38.5. The van der Waals surface area contributed by atoms with Crippen LogP contribution >= 0.6 is 0 Å². The zero-order valence-electron chi connectivity index (χ0n) is 15.4. The van der Waals surface area contributed by atoms with Crippen molar-refractivity contribution in [2.24, 2.45) is 9.98 Å². The van der Waals surface area contributed by atoms with Crippen LogP contribution in [0.4, 0.5) is 20.2 Å². The van der Waals surface area contributed by atoms with Crippen molar-refractivity contribution in [3.05, 3.63) is 95.6 Å². The van der Waals surface area contributed by atoms with Gasteiger partial charge in [-0.15, -0.1) is 0 Å². The normalized spacial score (nSPS) is 13.9. The molecule has 4 aromatic rings. The lowest BCUT2D eigenvalue weighted by molar-refractivity contribution is 0.546. The average Bonchev–Trinajstić information content (AvgIpc) is 2.78. The molecule has 144 valence electrons. The van der Waals surface area contributed by atoms with E-state index in [1.807, 2.05) is 24.3 Å². The lowest BCUT2D eigenvalue weighted by Crippen LogP contribution is -2.15. The molecule has 6 rings (SSSR count). The minimum atomic E-state index is -0.318. The largest absolute Gasteiger partial charge is 0.438 e. The average molecular weight is 398 g/mol. The summed E-state index contributed by atoms with van der Waals surface area (Å²) in [6.45, 7) is 0. The number of benzene rings is 4. The van der Waals surface area contributed by atoms with E-state index in [0.29, 0.717) is 34.4 Å². The van der Waals surface area contributed by atoms with Crippen LogP contribution in [0.25, 0.3) is 10.8 Å². The molecular weight excluding hydrogens is 386 g/mol. The van der Waals surface area contributed by atoms with Gasteiger partial charge in [0, 0.05) is 11.1 Å². The summed E-state index contributed by atoms with van der Waals surface area (Å²) in [7, 11) is 0. The second-order valence-electron chi connectivity index (χ2n) is 6.97. The van der Waals surface area contributed by atoms with E-state index in [2.05, 4.69) is 9.98 Å². The van der Waals surface area contributed by atoms with Crippen molar-refractivity contribution in [1.82, 2.24) is 0 Å². The van der Waals surface area contributed by atoms with Crippen LogP contribution in [0.3, 0.4) is 0 Å². The van der Waals surface area contributed by atoms with Gasteiger partial charge in [0.15, 0.2) is 0 Å². The Bertz CT molecular complexity index is 1280. The van der Waals surface area contributed by atoms with Crippen molar-refractivity contribution in [1.29, 1.82) is 0 Å². The molecule has 0 saturated carbocycles. The van der Waals surface area contributed by atoms with Gasteiger partial charge >= 0.3 is 0 Å². The monoisotopic (exact) mass is 398 g/mol. The summed E-state index contributed by atoms with van der Waals surface area (Å²) in [5.74, 6) is 1.42. The predicted octanol–water partition coefficient (Wildman–Crippen LogP) is 6.06. The van der Waals surface area contributed by atoms with Crippen LogP contribution in [0.15, 0.2) is 82.8 Å². The van der Waals surface area contributed by atoms with E-state index in [9.17, 15) is 8.78 Å². The third-order valence-corrected chi connectivity index (χ3v) is 5.08. The van der Waals surface area contributed by atoms with Crippen molar-refractivity contribution >= 4 is 33.9 Å². The smallest absolute Gasteiger partial charge is 0.227 e. The van der Waals surface area contributed by atoms with Crippen LogP contribution in [0, 0.1) is 11.6 Å². The first kappa shape index (κ1) is 16.9. The zero-order chi connectivity index (χ0) is 20.2. The van der Waals surface area contributed by atoms with Crippen LogP contribution < -0.4 is 9.47 Å². The van der Waals surface area contributed by atoms with Gasteiger partial charge in [-0.05, 0) is 72.8 Å². The summed E-state index contributed by atoms with van der Waals surface area (Å²) in [6, 6.07) is 19.4. The highest BCUT2D eigenvalue weighted by Crippen LogP contribution is 2.48. The fraction of sp³-hybridized carbons (Fsp3) is 0. The summed E-state index contributed by atoms with van der Waals surface area (Å²) in [5, 5.41) is 1.61. The molecule has 2 aliphatic rings. The number of rotatable bonds is 2. The summed E-state index contributed by atoms with van der Waals surface area (Å²) in [6.07, 6.45) is 0. The highest BCUT2D eigenvalue weighted by molar-refractivity contribution is 6.16. The minimum Gasteiger partial charge on any atom is -0.438 e. The molecule has 0 aromatic heterocycles. The van der Waals surface area contributed by atoms with E-state index in [1.165, 1.54) is 24.3 Å². The van der Waals surface area contributed by atoms with Crippen molar-refractivity contribution in [2.45, 2.75) is 0 Å². The molecule has 0 aliphatic carbocycles. The van der Waals surface area contributed by atoms with E-state index in [-0.39, 0.29) is 11.6 Å². The molecular formula is C24H12F2N2O2. The second kappa shape index (κ2) is 6.22. The minimum absolute atomic E-state index is 0.318. The Labute approximate surface area is 169 Å². The maximum atomic E-state index is 13.3. The molecule has 4 nitrogen and oxygen atoms in total. The quantitative estimate of drug-likeness (QED) is 0.412. The van der Waals surface area contributed by atoms with Crippen LogP contribution in [-0.4, -0.2) is 11.8 Å². The predicted molar refractivity (Wildman–Crippen MR) is 110 cm³/mol. The SMILES string of the molecule is Fc1ccc(C2=Nc3ccc4c5c(ccc(c35)O2)N=C(c2ccc(F)cc2)O4)cc1. The Hall–Kier alpha value is -4.06. The number of halogens is 2. The van der Waals surface area contributed by atoms with Gasteiger partial charge in [0.25, 0.3) is 0 Å².